The van der Waals surface area contributed by atoms with Gasteiger partial charge in [-0.2, -0.15) is 0 Å². The fourth-order valence-corrected chi connectivity index (χ4v) is 5.02. The molecule has 2 fully saturated rings. The number of hydrogen-bond donors (Lipinski definition) is 2. The minimum atomic E-state index is -0.454. The molecule has 0 bridgehead atoms. The molecule has 4 unspecified atom stereocenters. The van der Waals surface area contributed by atoms with Crippen LogP contribution in [0.1, 0.15) is 48.6 Å². The fraction of sp³-hybridized carbons (Fsp3) is 0.391. The van der Waals surface area contributed by atoms with Crippen LogP contribution in [0.2, 0.25) is 10.0 Å². The zero-order chi connectivity index (χ0) is 20.5. The van der Waals surface area contributed by atoms with Crippen molar-refractivity contribution < 1.29 is 9.59 Å². The van der Waals surface area contributed by atoms with Crippen molar-refractivity contribution in [3.63, 3.8) is 0 Å². The van der Waals surface area contributed by atoms with Gasteiger partial charge in [-0.15, -0.1) is 0 Å². The molecule has 0 aromatic heterocycles. The van der Waals surface area contributed by atoms with Gasteiger partial charge in [0, 0.05) is 40.3 Å². The first kappa shape index (κ1) is 20.2. The van der Waals surface area contributed by atoms with Gasteiger partial charge in [-0.25, -0.2) is 0 Å². The second-order valence-electron chi connectivity index (χ2n) is 8.21. The number of nitrogens with one attached hydrogen (secondary N) is 1. The molecule has 2 amide bonds. The summed E-state index contributed by atoms with van der Waals surface area (Å²) in [6.45, 7) is 0. The summed E-state index contributed by atoms with van der Waals surface area (Å²) in [5.74, 6) is -0.197. The van der Waals surface area contributed by atoms with Gasteiger partial charge in [0.05, 0.1) is 0 Å². The van der Waals surface area contributed by atoms with Gasteiger partial charge in [0.2, 0.25) is 11.8 Å². The number of piperidine rings is 1. The molecule has 6 heteroatoms. The highest BCUT2D eigenvalue weighted by atomic mass is 35.5. The minimum Gasteiger partial charge on any atom is -0.370 e. The van der Waals surface area contributed by atoms with Crippen LogP contribution >= 0.6 is 23.2 Å². The van der Waals surface area contributed by atoms with Crippen LogP contribution in [-0.2, 0) is 9.59 Å². The Bertz CT molecular complexity index is 911. The van der Waals surface area contributed by atoms with Crippen molar-refractivity contribution in [3.8, 4) is 0 Å². The van der Waals surface area contributed by atoms with Crippen molar-refractivity contribution >= 4 is 35.0 Å². The first-order valence-electron chi connectivity index (χ1n) is 10.0. The number of nitrogens with two attached hydrogens (primary N) is 1. The molecule has 152 valence electrons. The van der Waals surface area contributed by atoms with E-state index in [2.05, 4.69) is 17.4 Å². The normalized spacial score (nSPS) is 25.3. The fourth-order valence-electron chi connectivity index (χ4n) is 4.70. The van der Waals surface area contributed by atoms with E-state index < -0.39 is 11.8 Å². The average molecular weight is 431 g/mol. The Labute approximate surface area is 180 Å². The molecular weight excluding hydrogens is 407 g/mol. The van der Waals surface area contributed by atoms with Crippen molar-refractivity contribution in [2.75, 3.05) is 0 Å². The lowest BCUT2D eigenvalue weighted by molar-refractivity contribution is -0.132. The molecule has 2 aromatic rings. The third-order valence-electron chi connectivity index (χ3n) is 6.15. The molecular formula is C23H24Cl2N2O2. The van der Waals surface area contributed by atoms with Gasteiger partial charge < -0.3 is 11.1 Å². The largest absolute Gasteiger partial charge is 0.370 e. The summed E-state index contributed by atoms with van der Waals surface area (Å²) in [5.41, 5.74) is 7.66. The van der Waals surface area contributed by atoms with Gasteiger partial charge in [0.1, 0.15) is 0 Å². The van der Waals surface area contributed by atoms with Crippen LogP contribution in [-0.4, -0.2) is 17.9 Å². The van der Waals surface area contributed by atoms with Crippen LogP contribution in [0.15, 0.2) is 48.5 Å². The van der Waals surface area contributed by atoms with E-state index >= 15 is 0 Å². The first-order chi connectivity index (χ1) is 13.9. The number of hydrogen-bond acceptors (Lipinski definition) is 2. The number of rotatable bonds is 6. The number of carbonyl (C=O) groups is 2. The van der Waals surface area contributed by atoms with E-state index in [4.69, 9.17) is 28.9 Å². The molecule has 2 aromatic carbocycles. The Hall–Kier alpha value is -2.04. The summed E-state index contributed by atoms with van der Waals surface area (Å²) in [5, 5.41) is 4.62. The zero-order valence-corrected chi connectivity index (χ0v) is 17.5. The summed E-state index contributed by atoms with van der Waals surface area (Å²) in [7, 11) is 0. The van der Waals surface area contributed by atoms with Crippen LogP contribution in [0.5, 0.6) is 0 Å². The molecule has 4 atom stereocenters. The highest BCUT2D eigenvalue weighted by Gasteiger charge is 2.46. The minimum absolute atomic E-state index is 0.0528. The van der Waals surface area contributed by atoms with Crippen LogP contribution < -0.4 is 11.1 Å². The van der Waals surface area contributed by atoms with E-state index in [0.29, 0.717) is 22.4 Å². The summed E-state index contributed by atoms with van der Waals surface area (Å²) in [6.07, 6.45) is 2.93. The van der Waals surface area contributed by atoms with Crippen molar-refractivity contribution in [3.05, 3.63) is 69.7 Å². The third kappa shape index (κ3) is 4.59. The Kier molecular flexibility index (Phi) is 5.84. The predicted molar refractivity (Wildman–Crippen MR) is 115 cm³/mol. The van der Waals surface area contributed by atoms with Gasteiger partial charge in [0.25, 0.3) is 0 Å². The van der Waals surface area contributed by atoms with Crippen molar-refractivity contribution in [1.29, 1.82) is 0 Å². The van der Waals surface area contributed by atoms with E-state index in [1.54, 1.807) is 0 Å². The second-order valence-corrected chi connectivity index (χ2v) is 9.09. The van der Waals surface area contributed by atoms with E-state index in [0.717, 1.165) is 18.4 Å². The Morgan fingerprint density at radius 1 is 1.10 bits per heavy atom. The maximum atomic E-state index is 12.9. The second kappa shape index (κ2) is 8.37. The summed E-state index contributed by atoms with van der Waals surface area (Å²) in [6, 6.07) is 15.6. The van der Waals surface area contributed by atoms with Gasteiger partial charge in [-0.05, 0) is 60.6 Å². The Morgan fingerprint density at radius 3 is 2.45 bits per heavy atom. The maximum Gasteiger partial charge on any atom is 0.223 e. The predicted octanol–water partition coefficient (Wildman–Crippen LogP) is 4.65. The number of carbonyl (C=O) groups excluding carboxylic acids is 2. The van der Waals surface area contributed by atoms with E-state index in [1.165, 1.54) is 5.56 Å². The lowest BCUT2D eigenvalue weighted by atomic mass is 9.71. The Morgan fingerprint density at radius 2 is 1.83 bits per heavy atom. The topological polar surface area (TPSA) is 72.2 Å². The molecule has 2 aliphatic rings. The molecule has 1 aliphatic carbocycles. The molecule has 1 aliphatic heterocycles. The van der Waals surface area contributed by atoms with Crippen LogP contribution in [0, 0.1) is 11.8 Å². The molecule has 1 saturated heterocycles. The number of amides is 2. The summed E-state index contributed by atoms with van der Waals surface area (Å²) >= 11 is 12.4. The quantitative estimate of drug-likeness (QED) is 0.699. The molecule has 0 radical (unpaired) electrons. The van der Waals surface area contributed by atoms with Crippen LogP contribution in [0.3, 0.4) is 0 Å². The van der Waals surface area contributed by atoms with Crippen molar-refractivity contribution in [2.45, 2.75) is 43.6 Å². The van der Waals surface area contributed by atoms with Crippen LogP contribution in [0.4, 0.5) is 0 Å². The third-order valence-corrected chi connectivity index (χ3v) is 6.63. The first-order valence-corrected chi connectivity index (χ1v) is 10.8. The molecule has 4 nitrogen and oxygen atoms in total. The maximum absolute atomic E-state index is 12.9. The molecule has 4 rings (SSSR count). The van der Waals surface area contributed by atoms with Gasteiger partial charge in [0.15, 0.2) is 0 Å². The monoisotopic (exact) mass is 430 g/mol. The van der Waals surface area contributed by atoms with Crippen LogP contribution in [0.25, 0.3) is 0 Å². The highest BCUT2D eigenvalue weighted by Crippen LogP contribution is 2.50. The molecule has 29 heavy (non-hydrogen) atoms. The molecule has 1 heterocycles. The van der Waals surface area contributed by atoms with E-state index in [9.17, 15) is 9.59 Å². The zero-order valence-electron chi connectivity index (χ0n) is 16.0. The van der Waals surface area contributed by atoms with Crippen molar-refractivity contribution in [1.82, 2.24) is 5.32 Å². The number of benzene rings is 2. The average Bonchev–Trinajstić information content (AvgIpc) is 3.50. The van der Waals surface area contributed by atoms with Gasteiger partial charge in [-0.1, -0.05) is 47.5 Å². The number of primary amides is 1. The smallest absolute Gasteiger partial charge is 0.223 e. The summed E-state index contributed by atoms with van der Waals surface area (Å²) in [4.78, 5) is 24.4. The van der Waals surface area contributed by atoms with E-state index in [-0.39, 0.29) is 30.2 Å². The summed E-state index contributed by atoms with van der Waals surface area (Å²) < 4.78 is 0. The van der Waals surface area contributed by atoms with E-state index in [1.807, 2.05) is 36.4 Å². The Balaban J connectivity index is 1.72. The lowest BCUT2D eigenvalue weighted by Gasteiger charge is -2.41. The highest BCUT2D eigenvalue weighted by molar-refractivity contribution is 6.30. The van der Waals surface area contributed by atoms with Gasteiger partial charge in [-0.3, -0.25) is 9.59 Å². The standard InChI is InChI=1S/C23H24Cl2N2O2/c24-17-8-6-14(7-9-17)21(13-4-5-13)22-19(15-2-1-3-18(25)10-15)11-16(12-20(26)28)23(29)27-22/h1-3,6-10,13,16,19,21-22H,4-5,11-12H2,(H2,26,28)(H,27,29). The lowest BCUT2D eigenvalue weighted by Crippen LogP contribution is -2.52. The number of halogens is 2. The molecule has 3 N–H and O–H groups in total. The van der Waals surface area contributed by atoms with Crippen molar-refractivity contribution in [2.24, 2.45) is 17.6 Å². The molecule has 0 spiro atoms. The molecule has 1 saturated carbocycles. The van der Waals surface area contributed by atoms with Gasteiger partial charge >= 0.3 is 0 Å². The SMILES string of the molecule is NC(=O)CC1CC(c2cccc(Cl)c2)C(C(c2ccc(Cl)cc2)C2CC2)NC1=O.